The lowest BCUT2D eigenvalue weighted by atomic mass is 9.70. The van der Waals surface area contributed by atoms with E-state index in [1.807, 2.05) is 7.11 Å². The molecule has 2 saturated carbocycles. The van der Waals surface area contributed by atoms with Gasteiger partial charge in [0.25, 0.3) is 0 Å². The molecule has 0 bridgehead atoms. The summed E-state index contributed by atoms with van der Waals surface area (Å²) in [6.07, 6.45) is 19.7. The maximum absolute atomic E-state index is 5.78. The Morgan fingerprint density at radius 2 is 1.30 bits per heavy atom. The molecular weight excluding hydrogens is 284 g/mol. The molecule has 2 aliphatic carbocycles. The second-order valence-corrected chi connectivity index (χ2v) is 8.31. The molecule has 0 aromatic carbocycles. The van der Waals surface area contributed by atoms with Crippen molar-refractivity contribution in [2.45, 2.75) is 83.3 Å². The normalized spacial score (nSPS) is 42.9. The van der Waals surface area contributed by atoms with Crippen LogP contribution in [0.5, 0.6) is 0 Å². The van der Waals surface area contributed by atoms with Gasteiger partial charge in [0.15, 0.2) is 0 Å². The van der Waals surface area contributed by atoms with E-state index in [1.54, 1.807) is 0 Å². The molecule has 0 radical (unpaired) electrons. The van der Waals surface area contributed by atoms with Gasteiger partial charge >= 0.3 is 0 Å². The summed E-state index contributed by atoms with van der Waals surface area (Å²) in [5, 5.41) is 0. The van der Waals surface area contributed by atoms with Gasteiger partial charge in [0, 0.05) is 13.0 Å². The molecular formula is C21H36O2. The molecule has 3 rings (SSSR count). The second-order valence-electron chi connectivity index (χ2n) is 8.31. The van der Waals surface area contributed by atoms with Crippen LogP contribution >= 0.6 is 0 Å². The third-order valence-electron chi connectivity index (χ3n) is 6.73. The summed E-state index contributed by atoms with van der Waals surface area (Å²) in [5.41, 5.74) is 0. The second kappa shape index (κ2) is 8.67. The average molecular weight is 321 g/mol. The summed E-state index contributed by atoms with van der Waals surface area (Å²) in [6, 6.07) is 0. The summed E-state index contributed by atoms with van der Waals surface area (Å²) in [6.45, 7) is 3.14. The average Bonchev–Trinajstić information content (AvgIpc) is 2.62. The number of allylic oxidation sites excluding steroid dienone is 1. The molecule has 3 fully saturated rings. The third kappa shape index (κ3) is 5.06. The van der Waals surface area contributed by atoms with Gasteiger partial charge in [0.1, 0.15) is 0 Å². The Bertz CT molecular complexity index is 354. The van der Waals surface area contributed by atoms with Crippen molar-refractivity contribution in [1.82, 2.24) is 0 Å². The Labute approximate surface area is 143 Å². The summed E-state index contributed by atoms with van der Waals surface area (Å²) < 4.78 is 11.3. The molecule has 0 aromatic rings. The highest BCUT2D eigenvalue weighted by Gasteiger charge is 2.30. The quantitative estimate of drug-likeness (QED) is 0.648. The summed E-state index contributed by atoms with van der Waals surface area (Å²) in [4.78, 5) is 0. The van der Waals surface area contributed by atoms with Crippen molar-refractivity contribution in [2.75, 3.05) is 13.7 Å². The molecule has 2 atom stereocenters. The Morgan fingerprint density at radius 1 is 0.739 bits per heavy atom. The lowest BCUT2D eigenvalue weighted by Gasteiger charge is -2.37. The van der Waals surface area contributed by atoms with Crippen LogP contribution in [0.25, 0.3) is 0 Å². The number of methoxy groups -OCH3 is 1. The largest absolute Gasteiger partial charge is 0.381 e. The van der Waals surface area contributed by atoms with Crippen LogP contribution in [-0.2, 0) is 9.47 Å². The molecule has 3 aliphatic rings. The van der Waals surface area contributed by atoms with Gasteiger partial charge in [0.05, 0.1) is 18.8 Å². The number of hydrogen-bond donors (Lipinski definition) is 0. The van der Waals surface area contributed by atoms with Gasteiger partial charge in [-0.1, -0.05) is 12.2 Å². The van der Waals surface area contributed by atoms with Crippen LogP contribution in [-0.4, -0.2) is 25.9 Å². The number of ether oxygens (including phenoxy) is 2. The minimum absolute atomic E-state index is 0.475. The first-order valence-electron chi connectivity index (χ1n) is 10.1. The van der Waals surface area contributed by atoms with Crippen LogP contribution in [0.1, 0.15) is 71.1 Å². The van der Waals surface area contributed by atoms with Gasteiger partial charge in [-0.15, -0.1) is 0 Å². The molecule has 1 heterocycles. The van der Waals surface area contributed by atoms with Crippen molar-refractivity contribution < 1.29 is 9.47 Å². The van der Waals surface area contributed by atoms with E-state index in [9.17, 15) is 0 Å². The van der Waals surface area contributed by atoms with E-state index in [0.717, 1.165) is 24.4 Å². The van der Waals surface area contributed by atoms with Crippen molar-refractivity contribution in [3.05, 3.63) is 12.2 Å². The van der Waals surface area contributed by atoms with Crippen LogP contribution < -0.4 is 0 Å². The number of rotatable bonds is 4. The Kier molecular flexibility index (Phi) is 6.59. The fourth-order valence-corrected chi connectivity index (χ4v) is 4.97. The lowest BCUT2D eigenvalue weighted by Crippen LogP contribution is -2.28. The van der Waals surface area contributed by atoms with E-state index in [4.69, 9.17) is 9.47 Å². The fraction of sp³-hybridized carbons (Fsp3) is 0.905. The molecule has 23 heavy (non-hydrogen) atoms. The zero-order valence-electron chi connectivity index (χ0n) is 15.2. The first kappa shape index (κ1) is 17.5. The highest BCUT2D eigenvalue weighted by molar-refractivity contribution is 4.96. The minimum atomic E-state index is 0.475. The Morgan fingerprint density at radius 3 is 1.87 bits per heavy atom. The summed E-state index contributed by atoms with van der Waals surface area (Å²) in [5.74, 6) is 3.49. The van der Waals surface area contributed by atoms with Crippen molar-refractivity contribution in [1.29, 1.82) is 0 Å². The smallest absolute Gasteiger partial charge is 0.0571 e. The summed E-state index contributed by atoms with van der Waals surface area (Å²) in [7, 11) is 1.88. The first-order valence-corrected chi connectivity index (χ1v) is 10.1. The molecule has 1 saturated heterocycles. The SMILES string of the molecule is COC1CCC(C2CCC(/C=C/C3CCC(C)OC3)CC2)CC1. The van der Waals surface area contributed by atoms with Crippen molar-refractivity contribution in [3.63, 3.8) is 0 Å². The highest BCUT2D eigenvalue weighted by Crippen LogP contribution is 2.40. The first-order chi connectivity index (χ1) is 11.2. The van der Waals surface area contributed by atoms with Gasteiger partial charge in [-0.2, -0.15) is 0 Å². The molecule has 2 heteroatoms. The zero-order chi connectivity index (χ0) is 16.1. The molecule has 132 valence electrons. The predicted molar refractivity (Wildman–Crippen MR) is 95.5 cm³/mol. The maximum Gasteiger partial charge on any atom is 0.0571 e. The standard InChI is InChI=1S/C21H36O2/c1-16-3-4-18(15-23-16)6-5-17-7-9-19(10-8-17)20-11-13-21(22-2)14-12-20/h5-6,16-21H,3-4,7-15H2,1-2H3/b6-5+. The van der Waals surface area contributed by atoms with Gasteiger partial charge in [-0.05, 0) is 88.9 Å². The minimum Gasteiger partial charge on any atom is -0.381 e. The van der Waals surface area contributed by atoms with Crippen LogP contribution in [0.15, 0.2) is 12.2 Å². The Hall–Kier alpha value is -0.340. The van der Waals surface area contributed by atoms with Crippen LogP contribution in [0.3, 0.4) is 0 Å². The van der Waals surface area contributed by atoms with E-state index < -0.39 is 0 Å². The predicted octanol–water partition coefficient (Wildman–Crippen LogP) is 5.37. The lowest BCUT2D eigenvalue weighted by molar-refractivity contribution is 0.00747. The Balaban J connectivity index is 1.37. The fourth-order valence-electron chi connectivity index (χ4n) is 4.97. The highest BCUT2D eigenvalue weighted by atomic mass is 16.5. The van der Waals surface area contributed by atoms with E-state index in [1.165, 1.54) is 64.2 Å². The van der Waals surface area contributed by atoms with Crippen LogP contribution in [0.4, 0.5) is 0 Å². The monoisotopic (exact) mass is 320 g/mol. The van der Waals surface area contributed by atoms with Gasteiger partial charge < -0.3 is 9.47 Å². The van der Waals surface area contributed by atoms with Crippen molar-refractivity contribution >= 4 is 0 Å². The molecule has 2 nitrogen and oxygen atoms in total. The topological polar surface area (TPSA) is 18.5 Å². The van der Waals surface area contributed by atoms with Crippen molar-refractivity contribution in [2.24, 2.45) is 23.7 Å². The van der Waals surface area contributed by atoms with Crippen molar-refractivity contribution in [3.8, 4) is 0 Å². The molecule has 0 spiro atoms. The number of hydrogen-bond acceptors (Lipinski definition) is 2. The van der Waals surface area contributed by atoms with Gasteiger partial charge in [-0.25, -0.2) is 0 Å². The molecule has 0 aromatic heterocycles. The molecule has 2 unspecified atom stereocenters. The zero-order valence-corrected chi connectivity index (χ0v) is 15.2. The summed E-state index contributed by atoms with van der Waals surface area (Å²) >= 11 is 0. The molecule has 0 N–H and O–H groups in total. The maximum atomic E-state index is 5.78. The van der Waals surface area contributed by atoms with Crippen LogP contribution in [0, 0.1) is 23.7 Å². The van der Waals surface area contributed by atoms with E-state index >= 15 is 0 Å². The van der Waals surface area contributed by atoms with Crippen LogP contribution in [0.2, 0.25) is 0 Å². The van der Waals surface area contributed by atoms with E-state index in [0.29, 0.717) is 18.1 Å². The van der Waals surface area contributed by atoms with E-state index in [-0.39, 0.29) is 0 Å². The molecule has 0 amide bonds. The van der Waals surface area contributed by atoms with Gasteiger partial charge in [-0.3, -0.25) is 0 Å². The third-order valence-corrected chi connectivity index (χ3v) is 6.73. The molecule has 1 aliphatic heterocycles. The van der Waals surface area contributed by atoms with Gasteiger partial charge in [0.2, 0.25) is 0 Å². The van der Waals surface area contributed by atoms with E-state index in [2.05, 4.69) is 19.1 Å².